The summed E-state index contributed by atoms with van der Waals surface area (Å²) in [4.78, 5) is 5.02. The highest BCUT2D eigenvalue weighted by Gasteiger charge is 2.25. The van der Waals surface area contributed by atoms with Gasteiger partial charge in [-0.05, 0) is 53.2 Å². The normalized spacial score (nSPS) is 12.8. The van der Waals surface area contributed by atoms with Crippen LogP contribution in [0, 0.1) is 0 Å². The van der Waals surface area contributed by atoms with Crippen molar-refractivity contribution in [1.29, 1.82) is 0 Å². The van der Waals surface area contributed by atoms with Gasteiger partial charge in [0.2, 0.25) is 0 Å². The van der Waals surface area contributed by atoms with Crippen molar-refractivity contribution in [3.05, 3.63) is 109 Å². The van der Waals surface area contributed by atoms with E-state index in [9.17, 15) is 0 Å². The van der Waals surface area contributed by atoms with Crippen molar-refractivity contribution in [3.8, 4) is 11.3 Å². The lowest BCUT2D eigenvalue weighted by molar-refractivity contribution is 0.673. The number of aromatic nitrogens is 2. The molecular formula is C37H18N2OS2. The van der Waals surface area contributed by atoms with Gasteiger partial charge in [0.1, 0.15) is 11.1 Å². The van der Waals surface area contributed by atoms with E-state index >= 15 is 0 Å². The first-order chi connectivity index (χ1) is 20.8. The Kier molecular flexibility index (Phi) is 3.86. The molecule has 42 heavy (non-hydrogen) atoms. The van der Waals surface area contributed by atoms with Crippen LogP contribution in [0.4, 0.5) is 0 Å². The van der Waals surface area contributed by atoms with Crippen molar-refractivity contribution in [2.75, 3.05) is 0 Å². The van der Waals surface area contributed by atoms with Crippen LogP contribution in [0.5, 0.6) is 0 Å². The second-order valence-corrected chi connectivity index (χ2v) is 13.2. The second-order valence-electron chi connectivity index (χ2n) is 11.1. The van der Waals surface area contributed by atoms with Crippen molar-refractivity contribution >= 4 is 112 Å². The third-order valence-electron chi connectivity index (χ3n) is 9.00. The molecule has 5 heteroatoms. The van der Waals surface area contributed by atoms with Crippen LogP contribution in [0.1, 0.15) is 0 Å². The van der Waals surface area contributed by atoms with E-state index in [1.54, 1.807) is 0 Å². The summed E-state index contributed by atoms with van der Waals surface area (Å²) in [5.41, 5.74) is 7.43. The number of rotatable bonds is 1. The summed E-state index contributed by atoms with van der Waals surface area (Å²) in [6.45, 7) is 0. The smallest absolute Gasteiger partial charge is 0.162 e. The van der Waals surface area contributed by atoms with Crippen LogP contribution in [0.3, 0.4) is 0 Å². The standard InChI is InChI=1S/C37H18N2OS2/c1-2-14-27-19(7-1)22-17-18-38-34(37(22)42-27)23-10-3-11-24-30(23)36-35-31-20(8-4-13-26(31)40-36)21-9-5-15-28-32(21)33-25(39(24)35)12-6-16-29(33)41-28/h1-18H. The molecule has 0 atom stereocenters. The summed E-state index contributed by atoms with van der Waals surface area (Å²) < 4.78 is 14.4. The van der Waals surface area contributed by atoms with E-state index in [-0.39, 0.29) is 0 Å². The van der Waals surface area contributed by atoms with Gasteiger partial charge in [0, 0.05) is 47.4 Å². The Balaban J connectivity index is 1.44. The Morgan fingerprint density at radius 3 is 2.19 bits per heavy atom. The number of furan rings is 1. The van der Waals surface area contributed by atoms with Crippen molar-refractivity contribution in [3.63, 3.8) is 0 Å². The molecule has 0 N–H and O–H groups in total. The minimum Gasteiger partial charge on any atom is -0.454 e. The molecule has 0 fully saturated rings. The van der Waals surface area contributed by atoms with Gasteiger partial charge in [-0.1, -0.05) is 60.7 Å². The molecule has 11 aromatic rings. The van der Waals surface area contributed by atoms with Crippen LogP contribution in [0.2, 0.25) is 0 Å². The Bertz CT molecular complexity index is 2920. The van der Waals surface area contributed by atoms with E-state index in [4.69, 9.17) is 9.40 Å². The lowest BCUT2D eigenvalue weighted by atomic mass is 10.0. The molecule has 5 aromatic carbocycles. The average Bonchev–Trinajstić information content (AvgIpc) is 3.77. The highest BCUT2D eigenvalue weighted by molar-refractivity contribution is 7.26. The maximum absolute atomic E-state index is 6.88. The van der Waals surface area contributed by atoms with Crippen molar-refractivity contribution in [1.82, 2.24) is 9.38 Å². The lowest BCUT2D eigenvalue weighted by Crippen LogP contribution is -1.89. The molecular weight excluding hydrogens is 553 g/mol. The molecule has 0 aliphatic heterocycles. The molecule has 0 unspecified atom stereocenters. The first-order valence-electron chi connectivity index (χ1n) is 14.1. The monoisotopic (exact) mass is 570 g/mol. The zero-order valence-corrected chi connectivity index (χ0v) is 23.6. The molecule has 6 aromatic heterocycles. The molecule has 0 amide bonds. The lowest BCUT2D eigenvalue weighted by Gasteiger charge is -2.08. The summed E-state index contributed by atoms with van der Waals surface area (Å²) >= 11 is 3.69. The summed E-state index contributed by atoms with van der Waals surface area (Å²) in [5.74, 6) is 0. The van der Waals surface area contributed by atoms with Crippen LogP contribution >= 0.6 is 22.7 Å². The van der Waals surface area contributed by atoms with Gasteiger partial charge in [-0.25, -0.2) is 0 Å². The van der Waals surface area contributed by atoms with Crippen LogP contribution < -0.4 is 0 Å². The number of nitrogens with zero attached hydrogens (tertiary/aromatic N) is 2. The van der Waals surface area contributed by atoms with Gasteiger partial charge < -0.3 is 8.82 Å². The zero-order chi connectivity index (χ0) is 27.1. The maximum atomic E-state index is 6.88. The summed E-state index contributed by atoms with van der Waals surface area (Å²) in [6.07, 6.45) is 1.95. The number of thiophene rings is 2. The van der Waals surface area contributed by atoms with Gasteiger partial charge >= 0.3 is 0 Å². The minimum atomic E-state index is 0.916. The van der Waals surface area contributed by atoms with E-state index in [0.29, 0.717) is 0 Å². The van der Waals surface area contributed by atoms with E-state index in [1.807, 2.05) is 28.9 Å². The Morgan fingerprint density at radius 2 is 1.26 bits per heavy atom. The van der Waals surface area contributed by atoms with Crippen LogP contribution in [0.15, 0.2) is 114 Å². The molecule has 6 heterocycles. The molecule has 0 aliphatic carbocycles. The van der Waals surface area contributed by atoms with Gasteiger partial charge in [-0.2, -0.15) is 0 Å². The van der Waals surface area contributed by atoms with E-state index in [2.05, 4.69) is 108 Å². The number of benzene rings is 5. The fourth-order valence-corrected chi connectivity index (χ4v) is 9.73. The van der Waals surface area contributed by atoms with Gasteiger partial charge in [-0.15, -0.1) is 22.7 Å². The first kappa shape index (κ1) is 21.7. The molecule has 0 aliphatic rings. The summed E-state index contributed by atoms with van der Waals surface area (Å²) in [6, 6.07) is 37.4. The number of hydrogen-bond acceptors (Lipinski definition) is 4. The molecule has 0 spiro atoms. The molecule has 194 valence electrons. The first-order valence-corrected chi connectivity index (χ1v) is 15.7. The van der Waals surface area contributed by atoms with Crippen molar-refractivity contribution in [2.45, 2.75) is 0 Å². The molecule has 3 nitrogen and oxygen atoms in total. The van der Waals surface area contributed by atoms with Crippen molar-refractivity contribution < 1.29 is 4.42 Å². The largest absolute Gasteiger partial charge is 0.454 e. The quantitative estimate of drug-likeness (QED) is 0.196. The molecule has 0 radical (unpaired) electrons. The van der Waals surface area contributed by atoms with Gasteiger partial charge in [0.25, 0.3) is 0 Å². The van der Waals surface area contributed by atoms with Crippen LogP contribution in [0.25, 0.3) is 101 Å². The number of pyridine rings is 1. The SMILES string of the molecule is c1ccc2c(c1)sc1c(-c3cccc4c3c3oc5cccc6c7cccc8sc9cccc(c9c87)n4c3c56)nccc12. The topological polar surface area (TPSA) is 30.4 Å². The third-order valence-corrected chi connectivity index (χ3v) is 11.3. The predicted octanol–water partition coefficient (Wildman–Crippen LogP) is 11.4. The molecule has 0 saturated heterocycles. The van der Waals surface area contributed by atoms with Gasteiger partial charge in [0.15, 0.2) is 5.58 Å². The molecule has 11 rings (SSSR count). The Labute approximate surface area is 245 Å². The predicted molar refractivity (Wildman–Crippen MR) is 180 cm³/mol. The summed E-state index contributed by atoms with van der Waals surface area (Å²) in [5, 5.41) is 9.95. The minimum absolute atomic E-state index is 0.916. The van der Waals surface area contributed by atoms with Crippen LogP contribution in [-0.2, 0) is 0 Å². The van der Waals surface area contributed by atoms with E-state index in [1.165, 1.54) is 62.0 Å². The van der Waals surface area contributed by atoms with E-state index < -0.39 is 0 Å². The molecule has 0 saturated carbocycles. The Morgan fingerprint density at radius 1 is 0.548 bits per heavy atom. The van der Waals surface area contributed by atoms with Crippen LogP contribution in [-0.4, -0.2) is 9.38 Å². The zero-order valence-electron chi connectivity index (χ0n) is 22.0. The van der Waals surface area contributed by atoms with Gasteiger partial charge in [0.05, 0.1) is 32.2 Å². The fraction of sp³-hybridized carbons (Fsp3) is 0. The Hall–Kier alpha value is -4.97. The fourth-order valence-electron chi connectivity index (χ4n) is 7.38. The summed E-state index contributed by atoms with van der Waals surface area (Å²) in [7, 11) is 0. The third kappa shape index (κ3) is 2.47. The maximum Gasteiger partial charge on any atom is 0.162 e. The highest BCUT2D eigenvalue weighted by atomic mass is 32.1. The molecule has 0 bridgehead atoms. The van der Waals surface area contributed by atoms with E-state index in [0.717, 1.165) is 38.8 Å². The van der Waals surface area contributed by atoms with Gasteiger partial charge in [-0.3, -0.25) is 4.98 Å². The van der Waals surface area contributed by atoms with Crippen molar-refractivity contribution in [2.24, 2.45) is 0 Å². The highest BCUT2D eigenvalue weighted by Crippen LogP contribution is 2.49. The number of hydrogen-bond donors (Lipinski definition) is 0. The average molecular weight is 571 g/mol. The number of fused-ring (bicyclic) bond motifs is 8. The second kappa shape index (κ2) is 7.45.